The van der Waals surface area contributed by atoms with Crippen molar-refractivity contribution in [1.82, 2.24) is 0 Å². The van der Waals surface area contributed by atoms with Gasteiger partial charge in [0.25, 0.3) is 0 Å². The standard InChI is InChI=1S/C27H32FN/c1-2-3-4-19-5-7-20(8-6-19)21-9-10-23-16-24(12-11-22(23)15-21)25-13-14-26(18-29)27(28)17-25/h11-14,16-17,19-21H,2-10,15H2,1H3. The Labute approximate surface area is 175 Å². The van der Waals surface area contributed by atoms with E-state index in [0.717, 1.165) is 35.3 Å². The second-order valence-electron chi connectivity index (χ2n) is 9.22. The molecule has 0 saturated heterocycles. The summed E-state index contributed by atoms with van der Waals surface area (Å²) in [5.41, 5.74) is 4.95. The molecule has 2 heteroatoms. The Hall–Kier alpha value is -2.14. The van der Waals surface area contributed by atoms with Crippen LogP contribution in [-0.4, -0.2) is 0 Å². The number of nitrogens with zero attached hydrogens (tertiary/aromatic N) is 1. The Morgan fingerprint density at radius 2 is 1.69 bits per heavy atom. The molecule has 1 fully saturated rings. The first-order valence-corrected chi connectivity index (χ1v) is 11.5. The Balaban J connectivity index is 1.41. The second-order valence-corrected chi connectivity index (χ2v) is 9.22. The number of hydrogen-bond donors (Lipinski definition) is 0. The molecule has 0 heterocycles. The summed E-state index contributed by atoms with van der Waals surface area (Å²) in [6.45, 7) is 2.30. The van der Waals surface area contributed by atoms with E-state index < -0.39 is 5.82 Å². The van der Waals surface area contributed by atoms with E-state index >= 15 is 0 Å². The summed E-state index contributed by atoms with van der Waals surface area (Å²) in [5.74, 6) is 2.30. The van der Waals surface area contributed by atoms with Crippen molar-refractivity contribution in [2.24, 2.45) is 17.8 Å². The van der Waals surface area contributed by atoms with Crippen LogP contribution in [-0.2, 0) is 12.8 Å². The summed E-state index contributed by atoms with van der Waals surface area (Å²) in [6, 6.07) is 13.5. The molecule has 0 aromatic heterocycles. The van der Waals surface area contributed by atoms with E-state index in [2.05, 4.69) is 25.1 Å². The van der Waals surface area contributed by atoms with Crippen molar-refractivity contribution in [3.63, 3.8) is 0 Å². The number of benzene rings is 2. The van der Waals surface area contributed by atoms with Gasteiger partial charge in [0.15, 0.2) is 0 Å². The van der Waals surface area contributed by atoms with Crippen LogP contribution in [0.15, 0.2) is 36.4 Å². The van der Waals surface area contributed by atoms with Gasteiger partial charge in [-0.3, -0.25) is 0 Å². The molecule has 2 aliphatic carbocycles. The van der Waals surface area contributed by atoms with Crippen LogP contribution in [0.3, 0.4) is 0 Å². The lowest BCUT2D eigenvalue weighted by atomic mass is 9.69. The maximum atomic E-state index is 14.0. The molecule has 1 unspecified atom stereocenters. The third kappa shape index (κ3) is 4.55. The molecule has 4 rings (SSSR count). The van der Waals surface area contributed by atoms with Crippen LogP contribution in [0.2, 0.25) is 0 Å². The molecule has 2 aromatic carbocycles. The molecule has 0 N–H and O–H groups in total. The predicted molar refractivity (Wildman–Crippen MR) is 117 cm³/mol. The Morgan fingerprint density at radius 1 is 0.931 bits per heavy atom. The Kier molecular flexibility index (Phi) is 6.34. The van der Waals surface area contributed by atoms with Gasteiger partial charge in [0.2, 0.25) is 0 Å². The topological polar surface area (TPSA) is 23.8 Å². The van der Waals surface area contributed by atoms with Crippen LogP contribution >= 0.6 is 0 Å². The van der Waals surface area contributed by atoms with E-state index in [1.54, 1.807) is 6.07 Å². The first kappa shape index (κ1) is 20.1. The molecule has 152 valence electrons. The monoisotopic (exact) mass is 389 g/mol. The molecule has 29 heavy (non-hydrogen) atoms. The molecule has 1 nitrogen and oxygen atoms in total. The maximum Gasteiger partial charge on any atom is 0.141 e. The Bertz CT molecular complexity index is 886. The van der Waals surface area contributed by atoms with Crippen molar-refractivity contribution in [3.8, 4) is 17.2 Å². The molecule has 0 radical (unpaired) electrons. The molecule has 2 aromatic rings. The summed E-state index contributed by atoms with van der Waals surface area (Å²) >= 11 is 0. The lowest BCUT2D eigenvalue weighted by Gasteiger charge is -2.36. The lowest BCUT2D eigenvalue weighted by molar-refractivity contribution is 0.183. The van der Waals surface area contributed by atoms with E-state index in [4.69, 9.17) is 5.26 Å². The highest BCUT2D eigenvalue weighted by Crippen LogP contribution is 2.41. The number of unbranched alkanes of at least 4 members (excludes halogenated alkanes) is 1. The molecular formula is C27H32FN. The highest BCUT2D eigenvalue weighted by atomic mass is 19.1. The minimum Gasteiger partial charge on any atom is -0.206 e. The lowest BCUT2D eigenvalue weighted by Crippen LogP contribution is -2.26. The maximum absolute atomic E-state index is 14.0. The summed E-state index contributed by atoms with van der Waals surface area (Å²) in [6.07, 6.45) is 13.6. The fourth-order valence-electron chi connectivity index (χ4n) is 5.59. The van der Waals surface area contributed by atoms with Crippen LogP contribution in [0.25, 0.3) is 11.1 Å². The summed E-state index contributed by atoms with van der Waals surface area (Å²) in [7, 11) is 0. The van der Waals surface area contributed by atoms with Crippen molar-refractivity contribution < 1.29 is 4.39 Å². The van der Waals surface area contributed by atoms with E-state index in [-0.39, 0.29) is 5.56 Å². The number of rotatable bonds is 5. The Morgan fingerprint density at radius 3 is 2.41 bits per heavy atom. The third-order valence-corrected chi connectivity index (χ3v) is 7.42. The van der Waals surface area contributed by atoms with Crippen molar-refractivity contribution >= 4 is 0 Å². The van der Waals surface area contributed by atoms with Crippen LogP contribution in [0.4, 0.5) is 4.39 Å². The molecule has 1 atom stereocenters. The molecule has 0 bridgehead atoms. The van der Waals surface area contributed by atoms with Crippen molar-refractivity contribution in [3.05, 3.63) is 58.9 Å². The van der Waals surface area contributed by atoms with Gasteiger partial charge in [-0.05, 0) is 84.2 Å². The van der Waals surface area contributed by atoms with Gasteiger partial charge in [-0.2, -0.15) is 5.26 Å². The number of halogens is 1. The van der Waals surface area contributed by atoms with Gasteiger partial charge in [0.05, 0.1) is 5.56 Å². The first-order chi connectivity index (χ1) is 14.2. The molecule has 0 amide bonds. The molecule has 1 saturated carbocycles. The van der Waals surface area contributed by atoms with Crippen molar-refractivity contribution in [2.45, 2.75) is 71.1 Å². The fourth-order valence-corrected chi connectivity index (χ4v) is 5.59. The quantitative estimate of drug-likeness (QED) is 0.520. The predicted octanol–water partition coefficient (Wildman–Crippen LogP) is 7.47. The van der Waals surface area contributed by atoms with E-state index in [9.17, 15) is 4.39 Å². The average molecular weight is 390 g/mol. The summed E-state index contributed by atoms with van der Waals surface area (Å²) < 4.78 is 14.0. The number of hydrogen-bond acceptors (Lipinski definition) is 1. The highest BCUT2D eigenvalue weighted by molar-refractivity contribution is 5.66. The van der Waals surface area contributed by atoms with Gasteiger partial charge >= 0.3 is 0 Å². The normalized spacial score (nSPS) is 24.0. The summed E-state index contributed by atoms with van der Waals surface area (Å²) in [5, 5.41) is 8.93. The second kappa shape index (κ2) is 9.12. The van der Waals surface area contributed by atoms with Gasteiger partial charge in [0.1, 0.15) is 11.9 Å². The summed E-state index contributed by atoms with van der Waals surface area (Å²) in [4.78, 5) is 0. The molecular weight excluding hydrogens is 357 g/mol. The smallest absolute Gasteiger partial charge is 0.141 e. The van der Waals surface area contributed by atoms with Crippen molar-refractivity contribution in [2.75, 3.05) is 0 Å². The van der Waals surface area contributed by atoms with Crippen LogP contribution in [0, 0.1) is 34.9 Å². The number of nitriles is 1. The van der Waals surface area contributed by atoms with Gasteiger partial charge in [-0.1, -0.05) is 63.3 Å². The molecule has 0 aliphatic heterocycles. The van der Waals surface area contributed by atoms with Gasteiger partial charge in [-0.15, -0.1) is 0 Å². The zero-order chi connectivity index (χ0) is 20.2. The van der Waals surface area contributed by atoms with Gasteiger partial charge in [0, 0.05) is 0 Å². The van der Waals surface area contributed by atoms with Gasteiger partial charge < -0.3 is 0 Å². The zero-order valence-corrected chi connectivity index (χ0v) is 17.6. The molecule has 2 aliphatic rings. The minimum atomic E-state index is -0.433. The number of aryl methyl sites for hydroxylation is 1. The van der Waals surface area contributed by atoms with Gasteiger partial charge in [-0.25, -0.2) is 4.39 Å². The zero-order valence-electron chi connectivity index (χ0n) is 17.6. The third-order valence-electron chi connectivity index (χ3n) is 7.42. The van der Waals surface area contributed by atoms with E-state index in [1.165, 1.54) is 75.0 Å². The highest BCUT2D eigenvalue weighted by Gasteiger charge is 2.30. The largest absolute Gasteiger partial charge is 0.206 e. The average Bonchev–Trinajstić information content (AvgIpc) is 2.77. The van der Waals surface area contributed by atoms with Crippen LogP contribution in [0.5, 0.6) is 0 Å². The number of fused-ring (bicyclic) bond motifs is 1. The van der Waals surface area contributed by atoms with E-state index in [0.29, 0.717) is 0 Å². The van der Waals surface area contributed by atoms with Crippen LogP contribution < -0.4 is 0 Å². The van der Waals surface area contributed by atoms with E-state index in [1.807, 2.05) is 12.1 Å². The van der Waals surface area contributed by atoms with Crippen molar-refractivity contribution in [1.29, 1.82) is 5.26 Å². The SMILES string of the molecule is CCCCC1CCC(C2CCc3cc(-c4ccc(C#N)c(F)c4)ccc3C2)CC1. The minimum absolute atomic E-state index is 0.110. The van der Waals surface area contributed by atoms with Crippen LogP contribution in [0.1, 0.15) is 75.0 Å². The fraction of sp³-hybridized carbons (Fsp3) is 0.519. The molecule has 0 spiro atoms. The first-order valence-electron chi connectivity index (χ1n) is 11.5.